The number of aromatic amines is 1. The van der Waals surface area contributed by atoms with E-state index in [2.05, 4.69) is 15.0 Å². The number of fused-ring (bicyclic) bond motifs is 1. The number of carboxylic acids is 1. The van der Waals surface area contributed by atoms with Gasteiger partial charge in [-0.25, -0.2) is 9.78 Å². The molecule has 2 N–H and O–H groups in total. The van der Waals surface area contributed by atoms with Gasteiger partial charge in [-0.15, -0.1) is 11.3 Å². The number of H-pyrrole nitrogens is 1. The first kappa shape index (κ1) is 14.2. The molecule has 3 rings (SSSR count). The molecule has 0 aliphatic carbocycles. The maximum absolute atomic E-state index is 12.1. The van der Waals surface area contributed by atoms with Gasteiger partial charge >= 0.3 is 5.97 Å². The van der Waals surface area contributed by atoms with E-state index in [0.717, 1.165) is 16.9 Å². The highest BCUT2D eigenvalue weighted by atomic mass is 32.1. The summed E-state index contributed by atoms with van der Waals surface area (Å²) in [5.41, 5.74) is 0.986. The minimum atomic E-state index is -1.05. The van der Waals surface area contributed by atoms with Gasteiger partial charge in [0.1, 0.15) is 15.5 Å². The fourth-order valence-corrected chi connectivity index (χ4v) is 3.12. The second kappa shape index (κ2) is 5.53. The van der Waals surface area contributed by atoms with Crippen molar-refractivity contribution in [2.45, 2.75) is 6.92 Å². The third-order valence-corrected chi connectivity index (χ3v) is 4.30. The molecule has 3 aromatic heterocycles. The van der Waals surface area contributed by atoms with Crippen molar-refractivity contribution >= 4 is 39.7 Å². The number of rotatable bonds is 3. The largest absolute Gasteiger partial charge is 0.477 e. The molecule has 3 heterocycles. The van der Waals surface area contributed by atoms with E-state index in [9.17, 15) is 9.59 Å². The van der Waals surface area contributed by atoms with Crippen molar-refractivity contribution in [3.05, 3.63) is 56.7 Å². The molecule has 3 aromatic rings. The first-order valence-electron chi connectivity index (χ1n) is 6.41. The summed E-state index contributed by atoms with van der Waals surface area (Å²) in [5, 5.41) is 9.46. The topological polar surface area (TPSA) is 95.9 Å². The zero-order valence-electron chi connectivity index (χ0n) is 11.5. The van der Waals surface area contributed by atoms with Gasteiger partial charge in [0, 0.05) is 12.4 Å². The highest BCUT2D eigenvalue weighted by Crippen LogP contribution is 2.26. The lowest BCUT2D eigenvalue weighted by Gasteiger charge is -1.95. The van der Waals surface area contributed by atoms with Gasteiger partial charge in [-0.2, -0.15) is 0 Å². The molecule has 0 unspecified atom stereocenters. The van der Waals surface area contributed by atoms with Gasteiger partial charge in [0.15, 0.2) is 0 Å². The molecule has 0 amide bonds. The summed E-state index contributed by atoms with van der Waals surface area (Å²) >= 11 is 1.01. The summed E-state index contributed by atoms with van der Waals surface area (Å²) in [4.78, 5) is 34.8. The average Bonchev–Trinajstić information content (AvgIpc) is 2.84. The van der Waals surface area contributed by atoms with Crippen LogP contribution < -0.4 is 5.56 Å². The second-order valence-electron chi connectivity index (χ2n) is 4.61. The SMILES string of the molecule is Cc1c(C(=O)O)sc2nc(/C=C/c3cccnc3)[nH]c(=O)c12. The van der Waals surface area contributed by atoms with Gasteiger partial charge in [0.2, 0.25) is 0 Å². The van der Waals surface area contributed by atoms with Crippen LogP contribution >= 0.6 is 11.3 Å². The van der Waals surface area contributed by atoms with Crippen LogP contribution in [0.1, 0.15) is 26.6 Å². The van der Waals surface area contributed by atoms with Crippen molar-refractivity contribution in [2.24, 2.45) is 0 Å². The molecule has 0 radical (unpaired) electrons. The fourth-order valence-electron chi connectivity index (χ4n) is 2.09. The summed E-state index contributed by atoms with van der Waals surface area (Å²) in [6.45, 7) is 1.62. The fraction of sp³-hybridized carbons (Fsp3) is 0.0667. The number of aromatic carboxylic acids is 1. The molecule has 0 bridgehead atoms. The molecule has 0 saturated carbocycles. The van der Waals surface area contributed by atoms with Gasteiger partial charge < -0.3 is 10.1 Å². The standard InChI is InChI=1S/C15H11N3O3S/c1-8-11-13(19)17-10(5-4-9-3-2-6-16-7-9)18-14(11)22-12(8)15(20)21/h2-7H,1H3,(H,20,21)(H,17,18,19)/b5-4+. The lowest BCUT2D eigenvalue weighted by atomic mass is 10.2. The third kappa shape index (κ3) is 2.53. The van der Waals surface area contributed by atoms with E-state index in [0.29, 0.717) is 21.6 Å². The smallest absolute Gasteiger partial charge is 0.346 e. The van der Waals surface area contributed by atoms with Crippen LogP contribution in [0, 0.1) is 6.92 Å². The van der Waals surface area contributed by atoms with E-state index in [4.69, 9.17) is 5.11 Å². The third-order valence-electron chi connectivity index (χ3n) is 3.13. The first-order chi connectivity index (χ1) is 10.6. The van der Waals surface area contributed by atoms with Crippen molar-refractivity contribution in [1.82, 2.24) is 15.0 Å². The minimum Gasteiger partial charge on any atom is -0.477 e. The molecule has 0 saturated heterocycles. The molecule has 0 fully saturated rings. The number of thiophene rings is 1. The highest BCUT2D eigenvalue weighted by Gasteiger charge is 2.18. The molecule has 0 aliphatic rings. The first-order valence-corrected chi connectivity index (χ1v) is 7.22. The second-order valence-corrected chi connectivity index (χ2v) is 5.61. The molecule has 22 heavy (non-hydrogen) atoms. The van der Waals surface area contributed by atoms with Crippen LogP contribution in [0.15, 0.2) is 29.3 Å². The Labute approximate surface area is 128 Å². The molecule has 0 atom stereocenters. The van der Waals surface area contributed by atoms with Crippen LogP contribution in [0.25, 0.3) is 22.4 Å². The Morgan fingerprint density at radius 3 is 2.91 bits per heavy atom. The monoisotopic (exact) mass is 313 g/mol. The number of hydrogen-bond acceptors (Lipinski definition) is 5. The zero-order chi connectivity index (χ0) is 15.7. The number of hydrogen-bond donors (Lipinski definition) is 2. The zero-order valence-corrected chi connectivity index (χ0v) is 12.3. The van der Waals surface area contributed by atoms with E-state index in [1.54, 1.807) is 37.5 Å². The summed E-state index contributed by atoms with van der Waals surface area (Å²) in [5.74, 6) is -0.674. The molecule has 6 nitrogen and oxygen atoms in total. The predicted molar refractivity (Wildman–Crippen MR) is 85.1 cm³/mol. The van der Waals surface area contributed by atoms with E-state index in [1.165, 1.54) is 0 Å². The maximum atomic E-state index is 12.1. The average molecular weight is 313 g/mol. The minimum absolute atomic E-state index is 0.140. The normalized spacial score (nSPS) is 11.3. The molecule has 0 spiro atoms. The molecular weight excluding hydrogens is 302 g/mol. The number of nitrogens with zero attached hydrogens (tertiary/aromatic N) is 2. The van der Waals surface area contributed by atoms with Crippen LogP contribution in [-0.4, -0.2) is 26.0 Å². The Hall–Kier alpha value is -2.80. The van der Waals surface area contributed by atoms with Crippen LogP contribution in [0.3, 0.4) is 0 Å². The van der Waals surface area contributed by atoms with Crippen molar-refractivity contribution in [2.75, 3.05) is 0 Å². The van der Waals surface area contributed by atoms with Crippen molar-refractivity contribution < 1.29 is 9.90 Å². The maximum Gasteiger partial charge on any atom is 0.346 e. The van der Waals surface area contributed by atoms with Crippen LogP contribution in [-0.2, 0) is 0 Å². The Balaban J connectivity index is 2.08. The van der Waals surface area contributed by atoms with E-state index < -0.39 is 5.97 Å². The van der Waals surface area contributed by atoms with Crippen molar-refractivity contribution in [1.29, 1.82) is 0 Å². The number of carboxylic acid groups (broad SMARTS) is 1. The quantitative estimate of drug-likeness (QED) is 0.774. The summed E-state index contributed by atoms with van der Waals surface area (Å²) in [6, 6.07) is 3.68. The Kier molecular flexibility index (Phi) is 3.56. The summed E-state index contributed by atoms with van der Waals surface area (Å²) in [6.07, 6.45) is 6.79. The molecule has 0 aromatic carbocycles. The van der Waals surface area contributed by atoms with E-state index >= 15 is 0 Å². The number of aromatic nitrogens is 3. The van der Waals surface area contributed by atoms with Gasteiger partial charge in [0.25, 0.3) is 5.56 Å². The Morgan fingerprint density at radius 2 is 2.23 bits per heavy atom. The van der Waals surface area contributed by atoms with Gasteiger partial charge in [-0.3, -0.25) is 9.78 Å². The highest BCUT2D eigenvalue weighted by molar-refractivity contribution is 7.20. The Morgan fingerprint density at radius 1 is 1.41 bits per heavy atom. The van der Waals surface area contributed by atoms with Crippen molar-refractivity contribution in [3.63, 3.8) is 0 Å². The number of aryl methyl sites for hydroxylation is 1. The molecular formula is C15H11N3O3S. The number of carbonyl (C=O) groups is 1. The van der Waals surface area contributed by atoms with E-state index in [-0.39, 0.29) is 10.4 Å². The van der Waals surface area contributed by atoms with Crippen molar-refractivity contribution in [3.8, 4) is 0 Å². The van der Waals surface area contributed by atoms with Crippen LogP contribution in [0.5, 0.6) is 0 Å². The number of pyridine rings is 1. The van der Waals surface area contributed by atoms with Gasteiger partial charge in [-0.05, 0) is 36.3 Å². The molecule has 0 aliphatic heterocycles. The summed E-state index contributed by atoms with van der Waals surface area (Å²) < 4.78 is 0. The van der Waals surface area contributed by atoms with E-state index in [1.807, 2.05) is 6.07 Å². The lowest BCUT2D eigenvalue weighted by molar-refractivity contribution is 0.0701. The van der Waals surface area contributed by atoms with Gasteiger partial charge in [-0.1, -0.05) is 6.07 Å². The molecule has 110 valence electrons. The lowest BCUT2D eigenvalue weighted by Crippen LogP contribution is -2.09. The Bertz CT molecular complexity index is 942. The molecule has 7 heteroatoms. The van der Waals surface area contributed by atoms with Crippen LogP contribution in [0.4, 0.5) is 0 Å². The summed E-state index contributed by atoms with van der Waals surface area (Å²) in [7, 11) is 0. The number of nitrogens with one attached hydrogen (secondary N) is 1. The van der Waals surface area contributed by atoms with Gasteiger partial charge in [0.05, 0.1) is 5.39 Å². The predicted octanol–water partition coefficient (Wildman–Crippen LogP) is 2.56. The van der Waals surface area contributed by atoms with Crippen LogP contribution in [0.2, 0.25) is 0 Å².